The SMILES string of the molecule is CC(C)[C@@H](NC(=O)c1ccc(F)cc1)C(=O)OCc1cn2ccccc2c1C#N. The molecule has 29 heavy (non-hydrogen) atoms. The maximum Gasteiger partial charge on any atom is 0.329 e. The molecule has 0 saturated carbocycles. The van der Waals surface area contributed by atoms with Gasteiger partial charge in [-0.25, -0.2) is 9.18 Å². The molecule has 0 radical (unpaired) electrons. The summed E-state index contributed by atoms with van der Waals surface area (Å²) in [5, 5.41) is 12.1. The van der Waals surface area contributed by atoms with Crippen LogP contribution in [0.15, 0.2) is 54.9 Å². The molecule has 0 spiro atoms. The second-order valence-corrected chi connectivity index (χ2v) is 6.94. The van der Waals surface area contributed by atoms with Gasteiger partial charge in [-0.1, -0.05) is 19.9 Å². The fourth-order valence-corrected chi connectivity index (χ4v) is 2.98. The molecule has 0 aliphatic heterocycles. The van der Waals surface area contributed by atoms with Crippen molar-refractivity contribution in [1.82, 2.24) is 9.72 Å². The number of hydrogen-bond acceptors (Lipinski definition) is 4. The van der Waals surface area contributed by atoms with Crippen LogP contribution in [0.25, 0.3) is 5.52 Å². The zero-order valence-electron chi connectivity index (χ0n) is 16.1. The molecule has 0 aliphatic carbocycles. The maximum absolute atomic E-state index is 13.0. The smallest absolute Gasteiger partial charge is 0.329 e. The number of hydrogen-bond donors (Lipinski definition) is 1. The highest BCUT2D eigenvalue weighted by Crippen LogP contribution is 2.19. The fraction of sp³-hybridized carbons (Fsp3) is 0.227. The van der Waals surface area contributed by atoms with Gasteiger partial charge in [-0.05, 0) is 42.3 Å². The van der Waals surface area contributed by atoms with Gasteiger partial charge >= 0.3 is 5.97 Å². The number of nitriles is 1. The average Bonchev–Trinajstić information content (AvgIpc) is 3.07. The third-order valence-electron chi connectivity index (χ3n) is 4.56. The molecule has 2 aromatic heterocycles. The molecule has 0 fully saturated rings. The Morgan fingerprint density at radius 2 is 1.93 bits per heavy atom. The van der Waals surface area contributed by atoms with Gasteiger partial charge < -0.3 is 14.5 Å². The van der Waals surface area contributed by atoms with Gasteiger partial charge in [0.25, 0.3) is 5.91 Å². The first kappa shape index (κ1) is 20.1. The van der Waals surface area contributed by atoms with E-state index >= 15 is 0 Å². The van der Waals surface area contributed by atoms with Crippen molar-refractivity contribution in [2.24, 2.45) is 5.92 Å². The minimum absolute atomic E-state index is 0.0843. The summed E-state index contributed by atoms with van der Waals surface area (Å²) in [6.07, 6.45) is 3.55. The van der Waals surface area contributed by atoms with Gasteiger partial charge in [0.15, 0.2) is 0 Å². The molecule has 6 nitrogen and oxygen atoms in total. The monoisotopic (exact) mass is 393 g/mol. The lowest BCUT2D eigenvalue weighted by atomic mass is 10.0. The van der Waals surface area contributed by atoms with E-state index in [9.17, 15) is 19.2 Å². The first-order chi connectivity index (χ1) is 13.9. The zero-order chi connectivity index (χ0) is 21.0. The summed E-state index contributed by atoms with van der Waals surface area (Å²) < 4.78 is 20.2. The molecule has 1 N–H and O–H groups in total. The van der Waals surface area contributed by atoms with Crippen LogP contribution in [0, 0.1) is 23.1 Å². The second kappa shape index (κ2) is 8.57. The molecule has 0 unspecified atom stereocenters. The number of pyridine rings is 1. The van der Waals surface area contributed by atoms with E-state index < -0.39 is 23.7 Å². The highest BCUT2D eigenvalue weighted by Gasteiger charge is 2.26. The van der Waals surface area contributed by atoms with Gasteiger partial charge in [0, 0.05) is 23.5 Å². The Balaban J connectivity index is 1.71. The van der Waals surface area contributed by atoms with Crippen LogP contribution in [0.4, 0.5) is 4.39 Å². The van der Waals surface area contributed by atoms with Crippen molar-refractivity contribution in [1.29, 1.82) is 5.26 Å². The zero-order valence-corrected chi connectivity index (χ0v) is 16.1. The summed E-state index contributed by atoms with van der Waals surface area (Å²) in [7, 11) is 0. The molecular formula is C22H20FN3O3. The summed E-state index contributed by atoms with van der Waals surface area (Å²) in [5.74, 6) is -1.77. The van der Waals surface area contributed by atoms with E-state index in [1.807, 2.05) is 18.2 Å². The maximum atomic E-state index is 13.0. The number of ether oxygens (including phenoxy) is 1. The number of benzene rings is 1. The molecule has 1 aromatic carbocycles. The molecule has 3 rings (SSSR count). The van der Waals surface area contributed by atoms with Crippen molar-refractivity contribution >= 4 is 17.4 Å². The number of nitrogens with zero attached hydrogens (tertiary/aromatic N) is 2. The Hall–Kier alpha value is -3.66. The summed E-state index contributed by atoms with van der Waals surface area (Å²) >= 11 is 0. The van der Waals surface area contributed by atoms with Gasteiger partial charge in [0.1, 0.15) is 24.5 Å². The molecule has 1 atom stereocenters. The standard InChI is InChI=1S/C22H20FN3O3/c1-14(2)20(25-21(27)15-6-8-17(23)9-7-15)22(28)29-13-16-12-26-10-4-3-5-19(26)18(16)11-24/h3-10,12,14,20H,13H2,1-2H3,(H,25,27)/t20-/m1/s1. The number of nitrogens with one attached hydrogen (secondary N) is 1. The Bertz CT molecular complexity index is 1080. The molecule has 0 aliphatic rings. The van der Waals surface area contributed by atoms with E-state index in [1.165, 1.54) is 24.3 Å². The van der Waals surface area contributed by atoms with Gasteiger partial charge in [-0.15, -0.1) is 0 Å². The lowest BCUT2D eigenvalue weighted by molar-refractivity contribution is -0.148. The second-order valence-electron chi connectivity index (χ2n) is 6.94. The van der Waals surface area contributed by atoms with Gasteiger partial charge in [-0.2, -0.15) is 5.26 Å². The Morgan fingerprint density at radius 3 is 2.59 bits per heavy atom. The average molecular weight is 393 g/mol. The quantitative estimate of drug-likeness (QED) is 0.650. The van der Waals surface area contributed by atoms with E-state index in [1.54, 1.807) is 30.6 Å². The predicted octanol–water partition coefficient (Wildman–Crippen LogP) is 3.45. The molecule has 2 heterocycles. The lowest BCUT2D eigenvalue weighted by Gasteiger charge is -2.21. The van der Waals surface area contributed by atoms with E-state index in [0.29, 0.717) is 11.1 Å². The van der Waals surface area contributed by atoms with Gasteiger partial charge in [0.2, 0.25) is 0 Å². The normalized spacial score (nSPS) is 11.8. The van der Waals surface area contributed by atoms with Crippen molar-refractivity contribution in [2.75, 3.05) is 0 Å². The number of carbonyl (C=O) groups is 2. The fourth-order valence-electron chi connectivity index (χ4n) is 2.98. The summed E-state index contributed by atoms with van der Waals surface area (Å²) in [4.78, 5) is 25.0. The highest BCUT2D eigenvalue weighted by molar-refractivity contribution is 5.96. The van der Waals surface area contributed by atoms with E-state index in [0.717, 1.165) is 5.52 Å². The number of amides is 1. The topological polar surface area (TPSA) is 83.6 Å². The van der Waals surface area contributed by atoms with E-state index in [-0.39, 0.29) is 18.1 Å². The molecule has 1 amide bonds. The number of fused-ring (bicyclic) bond motifs is 1. The van der Waals surface area contributed by atoms with Crippen LogP contribution >= 0.6 is 0 Å². The van der Waals surface area contributed by atoms with Gasteiger partial charge in [0.05, 0.1) is 11.1 Å². The van der Waals surface area contributed by atoms with Crippen molar-refractivity contribution < 1.29 is 18.7 Å². The van der Waals surface area contributed by atoms with Gasteiger partial charge in [-0.3, -0.25) is 4.79 Å². The van der Waals surface area contributed by atoms with Crippen molar-refractivity contribution in [3.05, 3.63) is 77.4 Å². The number of halogens is 1. The number of esters is 1. The number of rotatable bonds is 6. The summed E-state index contributed by atoms with van der Waals surface area (Å²) in [6, 6.07) is 11.8. The number of carbonyl (C=O) groups excluding carboxylic acids is 2. The van der Waals surface area contributed by atoms with Crippen LogP contribution in [0.2, 0.25) is 0 Å². The van der Waals surface area contributed by atoms with Crippen LogP contribution in [-0.2, 0) is 16.1 Å². The molecule has 148 valence electrons. The number of aromatic nitrogens is 1. The summed E-state index contributed by atoms with van der Waals surface area (Å²) in [5.41, 5.74) is 2.00. The van der Waals surface area contributed by atoms with Crippen LogP contribution in [0.1, 0.15) is 35.3 Å². The molecule has 7 heteroatoms. The lowest BCUT2D eigenvalue weighted by Crippen LogP contribution is -2.45. The van der Waals surface area contributed by atoms with Crippen LogP contribution in [0.3, 0.4) is 0 Å². The van der Waals surface area contributed by atoms with E-state index in [2.05, 4.69) is 11.4 Å². The Morgan fingerprint density at radius 1 is 1.21 bits per heavy atom. The molecule has 0 bridgehead atoms. The van der Waals surface area contributed by atoms with Crippen LogP contribution < -0.4 is 5.32 Å². The Kier molecular flexibility index (Phi) is 5.93. The van der Waals surface area contributed by atoms with Crippen LogP contribution in [0.5, 0.6) is 0 Å². The minimum Gasteiger partial charge on any atom is -0.459 e. The van der Waals surface area contributed by atoms with E-state index in [4.69, 9.17) is 4.74 Å². The minimum atomic E-state index is -0.880. The molecular weight excluding hydrogens is 373 g/mol. The first-order valence-electron chi connectivity index (χ1n) is 9.12. The van der Waals surface area contributed by atoms with Crippen molar-refractivity contribution in [2.45, 2.75) is 26.5 Å². The highest BCUT2D eigenvalue weighted by atomic mass is 19.1. The third kappa shape index (κ3) is 4.43. The van der Waals surface area contributed by atoms with Crippen molar-refractivity contribution in [3.63, 3.8) is 0 Å². The largest absolute Gasteiger partial charge is 0.459 e. The predicted molar refractivity (Wildman–Crippen MR) is 104 cm³/mol. The molecule has 3 aromatic rings. The van der Waals surface area contributed by atoms with Crippen molar-refractivity contribution in [3.8, 4) is 6.07 Å². The molecule has 0 saturated heterocycles. The third-order valence-corrected chi connectivity index (χ3v) is 4.56. The Labute approximate surface area is 167 Å². The summed E-state index contributed by atoms with van der Waals surface area (Å²) in [6.45, 7) is 3.48. The van der Waals surface area contributed by atoms with Crippen LogP contribution in [-0.4, -0.2) is 22.3 Å². The first-order valence-corrected chi connectivity index (χ1v) is 9.12.